The topological polar surface area (TPSA) is 73.0 Å². The molecule has 0 unspecified atom stereocenters. The summed E-state index contributed by atoms with van der Waals surface area (Å²) < 4.78 is 6.48. The van der Waals surface area contributed by atoms with Crippen molar-refractivity contribution in [3.05, 3.63) is 29.8 Å². The van der Waals surface area contributed by atoms with Gasteiger partial charge in [-0.25, -0.2) is 0 Å². The van der Waals surface area contributed by atoms with Crippen molar-refractivity contribution in [2.24, 2.45) is 0 Å². The second-order valence-corrected chi connectivity index (χ2v) is 3.93. The summed E-state index contributed by atoms with van der Waals surface area (Å²) in [5.41, 5.74) is 0.877. The standard InChI is InChI=1S/C11H14N4O2/c1-7-4-5-15(13-7)9(3)11(16)12-10-6-8(2)17-14-10/h4-6,9H,1-3H3,(H,12,14,16)/t9-/m0/s1. The van der Waals surface area contributed by atoms with Crippen LogP contribution in [0.3, 0.4) is 0 Å². The molecule has 2 aromatic heterocycles. The average molecular weight is 234 g/mol. The Bertz CT molecular complexity index is 529. The lowest BCUT2D eigenvalue weighted by Crippen LogP contribution is -2.24. The van der Waals surface area contributed by atoms with Crippen LogP contribution in [0, 0.1) is 13.8 Å². The maximum Gasteiger partial charge on any atom is 0.250 e. The van der Waals surface area contributed by atoms with Gasteiger partial charge in [-0.05, 0) is 26.8 Å². The van der Waals surface area contributed by atoms with E-state index >= 15 is 0 Å². The van der Waals surface area contributed by atoms with Gasteiger partial charge in [-0.1, -0.05) is 5.16 Å². The van der Waals surface area contributed by atoms with Crippen molar-refractivity contribution in [2.45, 2.75) is 26.8 Å². The number of hydrogen-bond acceptors (Lipinski definition) is 4. The quantitative estimate of drug-likeness (QED) is 0.877. The van der Waals surface area contributed by atoms with Gasteiger partial charge < -0.3 is 9.84 Å². The van der Waals surface area contributed by atoms with Crippen LogP contribution in [0.25, 0.3) is 0 Å². The van der Waals surface area contributed by atoms with Crippen molar-refractivity contribution in [1.82, 2.24) is 14.9 Å². The number of hydrogen-bond donors (Lipinski definition) is 1. The first-order valence-electron chi connectivity index (χ1n) is 5.32. The zero-order chi connectivity index (χ0) is 12.4. The molecular formula is C11H14N4O2. The average Bonchev–Trinajstić information content (AvgIpc) is 2.87. The van der Waals surface area contributed by atoms with Gasteiger partial charge >= 0.3 is 0 Å². The number of anilines is 1. The molecule has 0 saturated carbocycles. The number of carbonyl (C=O) groups excluding carboxylic acids is 1. The lowest BCUT2D eigenvalue weighted by atomic mass is 10.3. The van der Waals surface area contributed by atoms with Crippen molar-refractivity contribution in [2.75, 3.05) is 5.32 Å². The monoisotopic (exact) mass is 234 g/mol. The first-order chi connectivity index (χ1) is 8.06. The number of aryl methyl sites for hydroxylation is 2. The molecular weight excluding hydrogens is 220 g/mol. The van der Waals surface area contributed by atoms with Gasteiger partial charge in [-0.2, -0.15) is 5.10 Å². The largest absolute Gasteiger partial charge is 0.360 e. The summed E-state index contributed by atoms with van der Waals surface area (Å²) in [7, 11) is 0. The molecule has 2 heterocycles. The van der Waals surface area contributed by atoms with Crippen molar-refractivity contribution < 1.29 is 9.32 Å². The van der Waals surface area contributed by atoms with Crippen LogP contribution in [0.2, 0.25) is 0 Å². The maximum absolute atomic E-state index is 11.9. The van der Waals surface area contributed by atoms with Gasteiger partial charge in [0.1, 0.15) is 11.8 Å². The minimum absolute atomic E-state index is 0.179. The number of aromatic nitrogens is 3. The Morgan fingerprint density at radius 1 is 1.53 bits per heavy atom. The fourth-order valence-corrected chi connectivity index (χ4v) is 1.42. The molecule has 6 nitrogen and oxygen atoms in total. The van der Waals surface area contributed by atoms with Crippen molar-refractivity contribution >= 4 is 11.7 Å². The predicted molar refractivity (Wildman–Crippen MR) is 61.5 cm³/mol. The first kappa shape index (κ1) is 11.4. The predicted octanol–water partition coefficient (Wildman–Crippen LogP) is 1.69. The van der Waals surface area contributed by atoms with Gasteiger partial charge in [0.2, 0.25) is 5.91 Å². The lowest BCUT2D eigenvalue weighted by molar-refractivity contribution is -0.119. The van der Waals surface area contributed by atoms with Crippen LogP contribution < -0.4 is 5.32 Å². The van der Waals surface area contributed by atoms with E-state index in [0.717, 1.165) is 5.69 Å². The van der Waals surface area contributed by atoms with Gasteiger partial charge in [-0.3, -0.25) is 9.48 Å². The summed E-state index contributed by atoms with van der Waals surface area (Å²) in [6, 6.07) is 3.13. The summed E-state index contributed by atoms with van der Waals surface area (Å²) >= 11 is 0. The van der Waals surface area contributed by atoms with Crippen molar-refractivity contribution in [3.63, 3.8) is 0 Å². The number of amides is 1. The van der Waals surface area contributed by atoms with Gasteiger partial charge in [0.05, 0.1) is 5.69 Å². The van der Waals surface area contributed by atoms with E-state index in [-0.39, 0.29) is 11.9 Å². The molecule has 0 aliphatic carbocycles. The van der Waals surface area contributed by atoms with Crippen LogP contribution in [-0.2, 0) is 4.79 Å². The SMILES string of the molecule is Cc1ccn([C@@H](C)C(=O)Nc2cc(C)on2)n1. The molecule has 0 bridgehead atoms. The van der Waals surface area contributed by atoms with Crippen LogP contribution in [0.5, 0.6) is 0 Å². The van der Waals surface area contributed by atoms with E-state index < -0.39 is 0 Å². The Morgan fingerprint density at radius 2 is 2.29 bits per heavy atom. The Labute approximate surface area is 98.6 Å². The Morgan fingerprint density at radius 3 is 2.82 bits per heavy atom. The van der Waals surface area contributed by atoms with Gasteiger partial charge in [-0.15, -0.1) is 0 Å². The molecule has 0 aliphatic rings. The molecule has 6 heteroatoms. The molecule has 0 spiro atoms. The Balaban J connectivity index is 2.05. The molecule has 0 aromatic carbocycles. The summed E-state index contributed by atoms with van der Waals surface area (Å²) in [5, 5.41) is 10.6. The van der Waals surface area contributed by atoms with E-state index in [4.69, 9.17) is 4.52 Å². The molecule has 1 atom stereocenters. The third-order valence-electron chi connectivity index (χ3n) is 2.40. The molecule has 0 saturated heterocycles. The Kier molecular flexibility index (Phi) is 2.95. The Hall–Kier alpha value is -2.11. The lowest BCUT2D eigenvalue weighted by Gasteiger charge is -2.10. The molecule has 0 radical (unpaired) electrons. The normalized spacial score (nSPS) is 12.4. The number of nitrogens with zero attached hydrogens (tertiary/aromatic N) is 3. The molecule has 17 heavy (non-hydrogen) atoms. The van der Waals surface area contributed by atoms with Gasteiger partial charge in [0, 0.05) is 12.3 Å². The summed E-state index contributed by atoms with van der Waals surface area (Å²) in [5.74, 6) is 0.896. The van der Waals surface area contributed by atoms with E-state index in [2.05, 4.69) is 15.6 Å². The highest BCUT2D eigenvalue weighted by Crippen LogP contribution is 2.11. The van der Waals surface area contributed by atoms with Crippen LogP contribution in [0.4, 0.5) is 5.82 Å². The minimum atomic E-state index is -0.388. The minimum Gasteiger partial charge on any atom is -0.360 e. The summed E-state index contributed by atoms with van der Waals surface area (Å²) in [6.07, 6.45) is 1.77. The number of rotatable bonds is 3. The van der Waals surface area contributed by atoms with Crippen molar-refractivity contribution in [1.29, 1.82) is 0 Å². The molecule has 1 N–H and O–H groups in total. The smallest absolute Gasteiger partial charge is 0.250 e. The fourth-order valence-electron chi connectivity index (χ4n) is 1.42. The third kappa shape index (κ3) is 2.52. The van der Waals surface area contributed by atoms with Crippen LogP contribution in [0.1, 0.15) is 24.4 Å². The third-order valence-corrected chi connectivity index (χ3v) is 2.40. The van der Waals surface area contributed by atoms with Crippen LogP contribution >= 0.6 is 0 Å². The molecule has 1 amide bonds. The summed E-state index contributed by atoms with van der Waals surface area (Å²) in [4.78, 5) is 11.9. The van der Waals surface area contributed by atoms with Crippen LogP contribution in [0.15, 0.2) is 22.9 Å². The van der Waals surface area contributed by atoms with E-state index in [1.165, 1.54) is 0 Å². The van der Waals surface area contributed by atoms with E-state index in [1.54, 1.807) is 30.8 Å². The van der Waals surface area contributed by atoms with E-state index in [1.807, 2.05) is 13.0 Å². The fraction of sp³-hybridized carbons (Fsp3) is 0.364. The number of nitrogens with one attached hydrogen (secondary N) is 1. The zero-order valence-corrected chi connectivity index (χ0v) is 9.97. The highest BCUT2D eigenvalue weighted by atomic mass is 16.5. The van der Waals surface area contributed by atoms with Gasteiger partial charge in [0.25, 0.3) is 0 Å². The second kappa shape index (κ2) is 4.40. The first-order valence-corrected chi connectivity index (χ1v) is 5.32. The van der Waals surface area contributed by atoms with Gasteiger partial charge in [0.15, 0.2) is 5.82 Å². The molecule has 2 rings (SSSR count). The highest BCUT2D eigenvalue weighted by Gasteiger charge is 2.16. The zero-order valence-electron chi connectivity index (χ0n) is 9.97. The highest BCUT2D eigenvalue weighted by molar-refractivity contribution is 5.92. The van der Waals surface area contributed by atoms with Crippen molar-refractivity contribution in [3.8, 4) is 0 Å². The van der Waals surface area contributed by atoms with E-state index in [0.29, 0.717) is 11.6 Å². The number of carbonyl (C=O) groups is 1. The molecule has 0 aliphatic heterocycles. The second-order valence-electron chi connectivity index (χ2n) is 3.93. The van der Waals surface area contributed by atoms with E-state index in [9.17, 15) is 4.79 Å². The maximum atomic E-state index is 11.9. The molecule has 2 aromatic rings. The molecule has 0 fully saturated rings. The molecule has 90 valence electrons. The van der Waals surface area contributed by atoms with Crippen LogP contribution in [-0.4, -0.2) is 20.8 Å². The summed E-state index contributed by atoms with van der Waals surface area (Å²) in [6.45, 7) is 5.42.